The van der Waals surface area contributed by atoms with E-state index in [4.69, 9.17) is 4.74 Å². The fourth-order valence-electron chi connectivity index (χ4n) is 1.78. The smallest absolute Gasteiger partial charge is 0.0615 e. The Morgan fingerprint density at radius 1 is 1.35 bits per heavy atom. The van der Waals surface area contributed by atoms with Crippen molar-refractivity contribution >= 4 is 31.9 Å². The number of ether oxygens (including phenoxy) is 1. The van der Waals surface area contributed by atoms with Crippen molar-refractivity contribution in [2.75, 3.05) is 13.7 Å². The first-order valence-electron chi connectivity index (χ1n) is 5.78. The molecule has 1 N–H and O–H groups in total. The van der Waals surface area contributed by atoms with Crippen molar-refractivity contribution in [3.05, 3.63) is 32.7 Å². The lowest BCUT2D eigenvalue weighted by Gasteiger charge is -2.23. The Kier molecular flexibility index (Phi) is 6.70. The molecule has 2 atom stereocenters. The molecule has 1 aromatic rings. The molecule has 1 rings (SSSR count). The first-order chi connectivity index (χ1) is 8.08. The molecule has 0 aliphatic carbocycles. The molecule has 0 amide bonds. The summed E-state index contributed by atoms with van der Waals surface area (Å²) in [5, 5.41) is 3.57. The van der Waals surface area contributed by atoms with Crippen LogP contribution in [-0.4, -0.2) is 19.8 Å². The fraction of sp³-hybridized carbons (Fsp3) is 0.538. The number of benzene rings is 1. The molecule has 1 aromatic carbocycles. The minimum Gasteiger partial charge on any atom is -0.383 e. The maximum absolute atomic E-state index is 5.20. The van der Waals surface area contributed by atoms with Crippen molar-refractivity contribution in [1.29, 1.82) is 0 Å². The van der Waals surface area contributed by atoms with Crippen LogP contribution in [0.25, 0.3) is 0 Å². The summed E-state index contributed by atoms with van der Waals surface area (Å²) >= 11 is 7.06. The van der Waals surface area contributed by atoms with Gasteiger partial charge in [0, 0.05) is 28.1 Å². The van der Waals surface area contributed by atoms with Gasteiger partial charge >= 0.3 is 0 Å². The summed E-state index contributed by atoms with van der Waals surface area (Å²) in [6.07, 6.45) is 1.06. The number of halogens is 2. The molecule has 0 aliphatic rings. The van der Waals surface area contributed by atoms with Crippen molar-refractivity contribution in [3.63, 3.8) is 0 Å². The topological polar surface area (TPSA) is 21.3 Å². The second-order valence-electron chi connectivity index (χ2n) is 4.11. The quantitative estimate of drug-likeness (QED) is 0.812. The monoisotopic (exact) mass is 363 g/mol. The van der Waals surface area contributed by atoms with Crippen LogP contribution in [0.15, 0.2) is 27.1 Å². The maximum Gasteiger partial charge on any atom is 0.0615 e. The van der Waals surface area contributed by atoms with Crippen LogP contribution < -0.4 is 5.32 Å². The molecule has 0 radical (unpaired) electrons. The van der Waals surface area contributed by atoms with E-state index in [0.29, 0.717) is 12.1 Å². The van der Waals surface area contributed by atoms with E-state index < -0.39 is 0 Å². The van der Waals surface area contributed by atoms with Gasteiger partial charge in [0.15, 0.2) is 0 Å². The van der Waals surface area contributed by atoms with E-state index in [1.807, 2.05) is 0 Å². The van der Waals surface area contributed by atoms with Gasteiger partial charge in [-0.25, -0.2) is 0 Å². The molecule has 0 aliphatic heterocycles. The van der Waals surface area contributed by atoms with Gasteiger partial charge in [-0.3, -0.25) is 0 Å². The fourth-order valence-corrected chi connectivity index (χ4v) is 3.17. The Labute approximate surface area is 120 Å². The van der Waals surface area contributed by atoms with Crippen molar-refractivity contribution in [2.45, 2.75) is 32.4 Å². The van der Waals surface area contributed by atoms with E-state index >= 15 is 0 Å². The lowest BCUT2D eigenvalue weighted by Crippen LogP contribution is -2.34. The summed E-state index contributed by atoms with van der Waals surface area (Å²) < 4.78 is 7.41. The molecular formula is C13H19Br2NO. The van der Waals surface area contributed by atoms with Crippen LogP contribution in [0, 0.1) is 0 Å². The molecule has 2 unspecified atom stereocenters. The summed E-state index contributed by atoms with van der Waals surface area (Å²) in [7, 11) is 1.74. The number of hydrogen-bond donors (Lipinski definition) is 1. The summed E-state index contributed by atoms with van der Waals surface area (Å²) in [5.74, 6) is 0. The van der Waals surface area contributed by atoms with Crippen LogP contribution in [0.4, 0.5) is 0 Å². The Bertz CT molecular complexity index is 357. The lowest BCUT2D eigenvalue weighted by molar-refractivity contribution is 0.159. The van der Waals surface area contributed by atoms with Crippen LogP contribution in [0.1, 0.15) is 31.9 Å². The maximum atomic E-state index is 5.20. The van der Waals surface area contributed by atoms with Gasteiger partial charge in [-0.1, -0.05) is 44.8 Å². The highest BCUT2D eigenvalue weighted by atomic mass is 79.9. The molecule has 0 spiro atoms. The van der Waals surface area contributed by atoms with Crippen LogP contribution in [0.5, 0.6) is 0 Å². The van der Waals surface area contributed by atoms with E-state index in [0.717, 1.165) is 22.0 Å². The minimum absolute atomic E-state index is 0.303. The molecule has 0 heterocycles. The average molecular weight is 365 g/mol. The van der Waals surface area contributed by atoms with Crippen LogP contribution in [-0.2, 0) is 4.74 Å². The largest absolute Gasteiger partial charge is 0.383 e. The third kappa shape index (κ3) is 4.70. The van der Waals surface area contributed by atoms with E-state index in [-0.39, 0.29) is 0 Å². The highest BCUT2D eigenvalue weighted by Gasteiger charge is 2.13. The number of nitrogens with one attached hydrogen (secondary N) is 1. The summed E-state index contributed by atoms with van der Waals surface area (Å²) in [4.78, 5) is 0. The Morgan fingerprint density at radius 2 is 2.06 bits per heavy atom. The molecule has 17 heavy (non-hydrogen) atoms. The second-order valence-corrected chi connectivity index (χ2v) is 5.88. The van der Waals surface area contributed by atoms with Gasteiger partial charge in [0.25, 0.3) is 0 Å². The van der Waals surface area contributed by atoms with Gasteiger partial charge in [0.2, 0.25) is 0 Å². The molecule has 0 aromatic heterocycles. The summed E-state index contributed by atoms with van der Waals surface area (Å²) in [5.41, 5.74) is 1.27. The average Bonchev–Trinajstić information content (AvgIpc) is 2.28. The standard InChI is InChI=1S/C13H19Br2NO/c1-4-11(8-17-3)16-9(2)12-6-5-10(14)7-13(12)15/h5-7,9,11,16H,4,8H2,1-3H3. The normalized spacial score (nSPS) is 14.6. The molecule has 96 valence electrons. The molecule has 2 nitrogen and oxygen atoms in total. The van der Waals surface area contributed by atoms with Gasteiger partial charge in [-0.15, -0.1) is 0 Å². The molecule has 0 saturated heterocycles. The number of hydrogen-bond acceptors (Lipinski definition) is 2. The van der Waals surface area contributed by atoms with E-state index in [1.54, 1.807) is 7.11 Å². The van der Waals surface area contributed by atoms with Gasteiger partial charge in [-0.05, 0) is 31.0 Å². The van der Waals surface area contributed by atoms with Gasteiger partial charge in [0.05, 0.1) is 6.61 Å². The Morgan fingerprint density at radius 3 is 2.59 bits per heavy atom. The van der Waals surface area contributed by atoms with Crippen LogP contribution >= 0.6 is 31.9 Å². The highest BCUT2D eigenvalue weighted by molar-refractivity contribution is 9.11. The zero-order valence-electron chi connectivity index (χ0n) is 10.5. The molecular weight excluding hydrogens is 346 g/mol. The molecule has 0 fully saturated rings. The molecule has 0 bridgehead atoms. The third-order valence-corrected chi connectivity index (χ3v) is 3.96. The second kappa shape index (κ2) is 7.52. The Balaban J connectivity index is 2.71. The van der Waals surface area contributed by atoms with Gasteiger partial charge in [0.1, 0.15) is 0 Å². The van der Waals surface area contributed by atoms with Crippen LogP contribution in [0.2, 0.25) is 0 Å². The predicted molar refractivity (Wildman–Crippen MR) is 79.3 cm³/mol. The summed E-state index contributed by atoms with van der Waals surface area (Å²) in [6.45, 7) is 5.08. The first kappa shape index (κ1) is 15.2. The molecule has 4 heteroatoms. The minimum atomic E-state index is 0.303. The number of rotatable bonds is 6. The molecule has 0 saturated carbocycles. The lowest BCUT2D eigenvalue weighted by atomic mass is 10.1. The Hall–Kier alpha value is 0.1000. The first-order valence-corrected chi connectivity index (χ1v) is 7.37. The van der Waals surface area contributed by atoms with Gasteiger partial charge in [-0.2, -0.15) is 0 Å². The van der Waals surface area contributed by atoms with Crippen molar-refractivity contribution in [3.8, 4) is 0 Å². The van der Waals surface area contributed by atoms with Crippen molar-refractivity contribution in [2.24, 2.45) is 0 Å². The summed E-state index contributed by atoms with van der Waals surface area (Å²) in [6, 6.07) is 6.97. The van der Waals surface area contributed by atoms with Gasteiger partial charge < -0.3 is 10.1 Å². The zero-order valence-corrected chi connectivity index (χ0v) is 13.6. The van der Waals surface area contributed by atoms with Crippen LogP contribution in [0.3, 0.4) is 0 Å². The zero-order chi connectivity index (χ0) is 12.8. The van der Waals surface area contributed by atoms with Crippen molar-refractivity contribution in [1.82, 2.24) is 5.32 Å². The van der Waals surface area contributed by atoms with E-state index in [2.05, 4.69) is 69.2 Å². The SMILES string of the molecule is CCC(COC)NC(C)c1ccc(Br)cc1Br. The predicted octanol–water partition coefficient (Wildman–Crippen LogP) is 4.29. The number of methoxy groups -OCH3 is 1. The highest BCUT2D eigenvalue weighted by Crippen LogP contribution is 2.27. The third-order valence-electron chi connectivity index (χ3n) is 2.78. The van der Waals surface area contributed by atoms with E-state index in [1.165, 1.54) is 5.56 Å². The van der Waals surface area contributed by atoms with Crippen molar-refractivity contribution < 1.29 is 4.74 Å². The van der Waals surface area contributed by atoms with E-state index in [9.17, 15) is 0 Å².